The van der Waals surface area contributed by atoms with Crippen LogP contribution in [0, 0.1) is 13.8 Å². The largest absolute Gasteiger partial charge is 0.477 e. The van der Waals surface area contributed by atoms with Crippen LogP contribution in [0.2, 0.25) is 0 Å². The van der Waals surface area contributed by atoms with Crippen LogP contribution in [0.3, 0.4) is 0 Å². The highest BCUT2D eigenvalue weighted by Crippen LogP contribution is 2.23. The molecule has 1 unspecified atom stereocenters. The molecule has 0 aromatic carbocycles. The number of aromatic amines is 1. The van der Waals surface area contributed by atoms with Gasteiger partial charge in [0.15, 0.2) is 0 Å². The number of hydrogen-bond acceptors (Lipinski definition) is 4. The predicted molar refractivity (Wildman–Crippen MR) is 73.5 cm³/mol. The van der Waals surface area contributed by atoms with E-state index in [0.29, 0.717) is 18.7 Å². The Labute approximate surface area is 118 Å². The van der Waals surface area contributed by atoms with Gasteiger partial charge in [0.1, 0.15) is 10.6 Å². The fourth-order valence-electron chi connectivity index (χ4n) is 2.03. The Morgan fingerprint density at radius 2 is 2.05 bits per heavy atom. The van der Waals surface area contributed by atoms with Gasteiger partial charge in [-0.3, -0.25) is 0 Å². The van der Waals surface area contributed by atoms with Crippen molar-refractivity contribution >= 4 is 16.0 Å². The lowest BCUT2D eigenvalue weighted by Crippen LogP contribution is -2.33. The minimum atomic E-state index is -3.76. The van der Waals surface area contributed by atoms with Crippen molar-refractivity contribution in [1.29, 1.82) is 0 Å². The molecule has 0 aliphatic rings. The summed E-state index contributed by atoms with van der Waals surface area (Å²) >= 11 is 0. The van der Waals surface area contributed by atoms with Crippen molar-refractivity contribution in [2.24, 2.45) is 0 Å². The van der Waals surface area contributed by atoms with E-state index in [4.69, 9.17) is 9.84 Å². The Morgan fingerprint density at radius 3 is 2.50 bits per heavy atom. The normalized spacial score (nSPS) is 13.4. The Balaban J connectivity index is 3.07. The summed E-state index contributed by atoms with van der Waals surface area (Å²) in [4.78, 5) is 13.6. The van der Waals surface area contributed by atoms with E-state index in [0.717, 1.165) is 0 Å². The van der Waals surface area contributed by atoms with Crippen molar-refractivity contribution in [3.05, 3.63) is 17.0 Å². The predicted octanol–water partition coefficient (Wildman–Crippen LogP) is 1.03. The van der Waals surface area contributed by atoms with E-state index in [2.05, 4.69) is 9.71 Å². The summed E-state index contributed by atoms with van der Waals surface area (Å²) in [6.07, 6.45) is 0.532. The number of aromatic carboxylic acids is 1. The third kappa shape index (κ3) is 3.59. The van der Waals surface area contributed by atoms with E-state index in [1.165, 1.54) is 13.8 Å². The van der Waals surface area contributed by atoms with Gasteiger partial charge in [-0.15, -0.1) is 0 Å². The van der Waals surface area contributed by atoms with Crippen LogP contribution in [0.15, 0.2) is 4.90 Å². The minimum Gasteiger partial charge on any atom is -0.477 e. The lowest BCUT2D eigenvalue weighted by atomic mass is 10.2. The molecule has 114 valence electrons. The highest BCUT2D eigenvalue weighted by molar-refractivity contribution is 7.89. The van der Waals surface area contributed by atoms with E-state index in [1.54, 1.807) is 14.0 Å². The smallest absolute Gasteiger partial charge is 0.352 e. The molecule has 3 N–H and O–H groups in total. The quantitative estimate of drug-likeness (QED) is 0.697. The number of nitrogens with one attached hydrogen (secondary N) is 2. The maximum absolute atomic E-state index is 12.3. The van der Waals surface area contributed by atoms with Gasteiger partial charge in [-0.2, -0.15) is 0 Å². The minimum absolute atomic E-state index is 0.000771. The number of ether oxygens (including phenoxy) is 1. The Morgan fingerprint density at radius 1 is 1.45 bits per heavy atom. The summed E-state index contributed by atoms with van der Waals surface area (Å²) in [5.41, 5.74) is 0.417. The molecule has 0 radical (unpaired) electrons. The molecule has 0 aliphatic carbocycles. The number of H-pyrrole nitrogens is 1. The zero-order chi connectivity index (χ0) is 15.5. The van der Waals surface area contributed by atoms with Crippen molar-refractivity contribution in [3.8, 4) is 0 Å². The van der Waals surface area contributed by atoms with E-state index >= 15 is 0 Å². The Hall–Kier alpha value is -1.38. The van der Waals surface area contributed by atoms with Crippen LogP contribution in [0.5, 0.6) is 0 Å². The fraction of sp³-hybridized carbons (Fsp3) is 0.583. The maximum atomic E-state index is 12.3. The molecule has 1 heterocycles. The van der Waals surface area contributed by atoms with Gasteiger partial charge in [0.25, 0.3) is 0 Å². The zero-order valence-corrected chi connectivity index (χ0v) is 12.8. The summed E-state index contributed by atoms with van der Waals surface area (Å²) in [6, 6.07) is -0.304. The van der Waals surface area contributed by atoms with Crippen molar-refractivity contribution in [2.75, 3.05) is 13.7 Å². The number of carboxylic acids is 1. The number of hydrogen-bond donors (Lipinski definition) is 3. The van der Waals surface area contributed by atoms with Gasteiger partial charge in [-0.05, 0) is 27.2 Å². The average molecular weight is 304 g/mol. The van der Waals surface area contributed by atoms with Gasteiger partial charge >= 0.3 is 5.97 Å². The number of rotatable bonds is 7. The average Bonchev–Trinajstić information content (AvgIpc) is 2.62. The molecule has 1 aromatic heterocycles. The highest BCUT2D eigenvalue weighted by atomic mass is 32.2. The topological polar surface area (TPSA) is 108 Å². The summed E-state index contributed by atoms with van der Waals surface area (Å²) in [6.45, 7) is 5.18. The van der Waals surface area contributed by atoms with Crippen LogP contribution < -0.4 is 4.72 Å². The number of carboxylic acid groups (broad SMARTS) is 1. The van der Waals surface area contributed by atoms with Crippen LogP contribution in [-0.4, -0.2) is 44.2 Å². The molecule has 0 saturated heterocycles. The molecule has 8 heteroatoms. The van der Waals surface area contributed by atoms with Gasteiger partial charge in [-0.1, -0.05) is 0 Å². The van der Waals surface area contributed by atoms with Crippen molar-refractivity contribution in [2.45, 2.75) is 38.1 Å². The Kier molecular flexibility index (Phi) is 5.32. The van der Waals surface area contributed by atoms with Crippen molar-refractivity contribution in [3.63, 3.8) is 0 Å². The molecule has 1 aromatic rings. The van der Waals surface area contributed by atoms with Crippen LogP contribution in [0.1, 0.15) is 35.1 Å². The number of aromatic nitrogens is 1. The Bertz CT molecular complexity index is 591. The summed E-state index contributed by atoms with van der Waals surface area (Å²) in [5, 5.41) is 9.00. The lowest BCUT2D eigenvalue weighted by Gasteiger charge is -2.14. The van der Waals surface area contributed by atoms with Gasteiger partial charge in [-0.25, -0.2) is 17.9 Å². The van der Waals surface area contributed by atoms with Gasteiger partial charge < -0.3 is 14.8 Å². The van der Waals surface area contributed by atoms with E-state index in [9.17, 15) is 13.2 Å². The molecule has 0 saturated carbocycles. The summed E-state index contributed by atoms with van der Waals surface area (Å²) in [7, 11) is -2.22. The number of aryl methyl sites for hydroxylation is 1. The molecular weight excluding hydrogens is 284 g/mol. The number of methoxy groups -OCH3 is 1. The SMILES string of the molecule is COCCC(C)NS(=O)(=O)c1c(C)[nH]c(C(=O)O)c1C. The molecule has 0 spiro atoms. The van der Waals surface area contributed by atoms with Crippen molar-refractivity contribution < 1.29 is 23.1 Å². The first kappa shape index (κ1) is 16.7. The second-order valence-corrected chi connectivity index (χ2v) is 6.34. The van der Waals surface area contributed by atoms with E-state index < -0.39 is 16.0 Å². The molecule has 0 aliphatic heterocycles. The second-order valence-electron chi connectivity index (χ2n) is 4.69. The summed E-state index contributed by atoms with van der Waals surface area (Å²) < 4.78 is 32.1. The van der Waals surface area contributed by atoms with Gasteiger partial charge in [0, 0.05) is 31.0 Å². The first-order chi connectivity index (χ1) is 9.20. The molecular formula is C12H20N2O5S. The van der Waals surface area contributed by atoms with E-state index in [-0.39, 0.29) is 22.2 Å². The van der Waals surface area contributed by atoms with Crippen LogP contribution in [0.4, 0.5) is 0 Å². The van der Waals surface area contributed by atoms with Crippen molar-refractivity contribution in [1.82, 2.24) is 9.71 Å². The standard InChI is InChI=1S/C12H20N2O5S/c1-7(5-6-19-4)14-20(17,18)11-8(2)10(12(15)16)13-9(11)3/h7,13-14H,5-6H2,1-4H3,(H,15,16). The third-order valence-corrected chi connectivity index (χ3v) is 4.83. The van der Waals surface area contributed by atoms with Crippen LogP contribution in [0.25, 0.3) is 0 Å². The maximum Gasteiger partial charge on any atom is 0.352 e. The summed E-state index contributed by atoms with van der Waals surface area (Å²) in [5.74, 6) is -1.18. The zero-order valence-electron chi connectivity index (χ0n) is 12.0. The van der Waals surface area contributed by atoms with Crippen LogP contribution in [-0.2, 0) is 14.8 Å². The third-order valence-electron chi connectivity index (χ3n) is 2.96. The van der Waals surface area contributed by atoms with E-state index in [1.807, 2.05) is 0 Å². The monoisotopic (exact) mass is 304 g/mol. The molecule has 0 bridgehead atoms. The first-order valence-corrected chi connectivity index (χ1v) is 7.62. The first-order valence-electron chi connectivity index (χ1n) is 6.14. The lowest BCUT2D eigenvalue weighted by molar-refractivity contribution is 0.0690. The van der Waals surface area contributed by atoms with Gasteiger partial charge in [0.2, 0.25) is 10.0 Å². The fourth-order valence-corrected chi connectivity index (χ4v) is 3.75. The number of sulfonamides is 1. The molecule has 20 heavy (non-hydrogen) atoms. The van der Waals surface area contributed by atoms with Crippen LogP contribution >= 0.6 is 0 Å². The second kappa shape index (κ2) is 6.38. The highest BCUT2D eigenvalue weighted by Gasteiger charge is 2.27. The number of carbonyl (C=O) groups is 1. The molecule has 0 amide bonds. The molecule has 1 rings (SSSR count). The molecule has 1 atom stereocenters. The van der Waals surface area contributed by atoms with Gasteiger partial charge in [0.05, 0.1) is 0 Å². The molecule has 7 nitrogen and oxygen atoms in total. The molecule has 0 fully saturated rings.